The molecular weight excluding hydrogens is 248 g/mol. The van der Waals surface area contributed by atoms with Crippen LogP contribution in [0.5, 0.6) is 5.75 Å². The van der Waals surface area contributed by atoms with Crippen LogP contribution in [-0.4, -0.2) is 23.7 Å². The van der Waals surface area contributed by atoms with Crippen LogP contribution in [0.4, 0.5) is 5.69 Å². The molecule has 0 radical (unpaired) electrons. The Bertz CT molecular complexity index is 522. The van der Waals surface area contributed by atoms with Crippen LogP contribution in [0, 0.1) is 21.4 Å². The van der Waals surface area contributed by atoms with E-state index in [1.165, 1.54) is 7.11 Å². The molecule has 6 nitrogen and oxygen atoms in total. The Hall–Kier alpha value is -2.13. The molecule has 0 saturated carbocycles. The molecule has 17 heavy (non-hydrogen) atoms. The largest absolute Gasteiger partial charge is 0.495 e. The van der Waals surface area contributed by atoms with E-state index in [0.717, 1.165) is 12.1 Å². The van der Waals surface area contributed by atoms with E-state index >= 15 is 0 Å². The van der Waals surface area contributed by atoms with E-state index < -0.39 is 10.7 Å². The van der Waals surface area contributed by atoms with Crippen molar-refractivity contribution in [2.24, 2.45) is 0 Å². The number of nitrogens with zero attached hydrogens (tertiary/aromatic N) is 2. The zero-order valence-corrected chi connectivity index (χ0v) is 9.52. The molecule has 1 aromatic carbocycles. The number of carbonyl (C=O) groups is 1. The van der Waals surface area contributed by atoms with Crippen molar-refractivity contribution >= 4 is 23.1 Å². The molecule has 1 rings (SSSR count). The smallest absolute Gasteiger partial charge is 0.271 e. The molecule has 88 valence electrons. The summed E-state index contributed by atoms with van der Waals surface area (Å²) in [4.78, 5) is 21.4. The molecule has 0 amide bonds. The number of nitro groups is 1. The van der Waals surface area contributed by atoms with Crippen molar-refractivity contribution in [3.05, 3.63) is 33.4 Å². The molecule has 0 aromatic heterocycles. The molecule has 0 fully saturated rings. The molecule has 0 aliphatic carbocycles. The number of hydrogen-bond acceptors (Lipinski definition) is 5. The molecule has 0 saturated heterocycles. The van der Waals surface area contributed by atoms with Gasteiger partial charge in [-0.05, 0) is 0 Å². The first kappa shape index (κ1) is 12.9. The van der Waals surface area contributed by atoms with Crippen LogP contribution in [0.25, 0.3) is 0 Å². The van der Waals surface area contributed by atoms with Gasteiger partial charge in [0.25, 0.3) is 5.69 Å². The Morgan fingerprint density at radius 3 is 2.71 bits per heavy atom. The number of rotatable bonds is 4. The fraction of sp³-hybridized carbons (Fsp3) is 0.200. The summed E-state index contributed by atoms with van der Waals surface area (Å²) in [5, 5.41) is 19.5. The Morgan fingerprint density at radius 1 is 1.65 bits per heavy atom. The maximum absolute atomic E-state index is 11.5. The zero-order chi connectivity index (χ0) is 13.0. The minimum absolute atomic E-state index is 0.00347. The monoisotopic (exact) mass is 254 g/mol. The average Bonchev–Trinajstić information content (AvgIpc) is 2.35. The van der Waals surface area contributed by atoms with Gasteiger partial charge in [0, 0.05) is 12.1 Å². The van der Waals surface area contributed by atoms with Gasteiger partial charge >= 0.3 is 0 Å². The van der Waals surface area contributed by atoms with Gasteiger partial charge in [-0.3, -0.25) is 14.9 Å². The number of methoxy groups -OCH3 is 1. The number of halogens is 1. The Balaban J connectivity index is 3.55. The molecule has 7 heteroatoms. The summed E-state index contributed by atoms with van der Waals surface area (Å²) in [7, 11) is 1.27. The van der Waals surface area contributed by atoms with E-state index in [1.807, 2.05) is 0 Å². The van der Waals surface area contributed by atoms with Gasteiger partial charge in [-0.15, -0.1) is 11.6 Å². The van der Waals surface area contributed by atoms with E-state index in [4.69, 9.17) is 21.6 Å². The second kappa shape index (κ2) is 5.27. The molecule has 0 aliphatic heterocycles. The number of alkyl halides is 1. The summed E-state index contributed by atoms with van der Waals surface area (Å²) in [6.07, 6.45) is 0. The number of hydrogen-bond donors (Lipinski definition) is 0. The summed E-state index contributed by atoms with van der Waals surface area (Å²) in [5.41, 5.74) is -0.487. The molecule has 0 aliphatic rings. The molecule has 1 aromatic rings. The zero-order valence-electron chi connectivity index (χ0n) is 8.77. The van der Waals surface area contributed by atoms with Crippen LogP contribution in [-0.2, 0) is 0 Å². The van der Waals surface area contributed by atoms with Crippen molar-refractivity contribution in [1.82, 2.24) is 0 Å². The molecule has 0 spiro atoms. The normalized spacial score (nSPS) is 9.47. The highest BCUT2D eigenvalue weighted by molar-refractivity contribution is 6.31. The molecule has 0 N–H and O–H groups in total. The quantitative estimate of drug-likeness (QED) is 0.354. The lowest BCUT2D eigenvalue weighted by atomic mass is 10.1. The molecule has 0 atom stereocenters. The van der Waals surface area contributed by atoms with E-state index in [9.17, 15) is 14.9 Å². The van der Waals surface area contributed by atoms with Crippen molar-refractivity contribution in [1.29, 1.82) is 5.26 Å². The fourth-order valence-corrected chi connectivity index (χ4v) is 1.45. The topological polar surface area (TPSA) is 93.2 Å². The highest BCUT2D eigenvalue weighted by Crippen LogP contribution is 2.29. The minimum atomic E-state index is -0.689. The fourth-order valence-electron chi connectivity index (χ4n) is 1.30. The van der Waals surface area contributed by atoms with Gasteiger partial charge in [-0.2, -0.15) is 5.26 Å². The first-order valence-electron chi connectivity index (χ1n) is 4.40. The van der Waals surface area contributed by atoms with Crippen LogP contribution >= 0.6 is 11.6 Å². The highest BCUT2D eigenvalue weighted by Gasteiger charge is 2.21. The van der Waals surface area contributed by atoms with E-state index in [-0.39, 0.29) is 28.4 Å². The van der Waals surface area contributed by atoms with Gasteiger partial charge in [0.1, 0.15) is 17.4 Å². The average molecular weight is 255 g/mol. The van der Waals surface area contributed by atoms with Crippen molar-refractivity contribution in [3.8, 4) is 11.8 Å². The van der Waals surface area contributed by atoms with E-state index in [0.29, 0.717) is 0 Å². The maximum Gasteiger partial charge on any atom is 0.271 e. The lowest BCUT2D eigenvalue weighted by Crippen LogP contribution is -2.06. The summed E-state index contributed by atoms with van der Waals surface area (Å²) < 4.78 is 4.90. The SMILES string of the molecule is COc1c(C#N)cc([N+](=O)[O-])cc1C(=O)CCl. The lowest BCUT2D eigenvalue weighted by Gasteiger charge is -2.07. The Kier molecular flexibility index (Phi) is 4.01. The van der Waals surface area contributed by atoms with Crippen molar-refractivity contribution in [3.63, 3.8) is 0 Å². The van der Waals surface area contributed by atoms with E-state index in [1.54, 1.807) is 6.07 Å². The van der Waals surface area contributed by atoms with Gasteiger partial charge in [0.2, 0.25) is 0 Å². The maximum atomic E-state index is 11.5. The first-order valence-corrected chi connectivity index (χ1v) is 4.94. The van der Waals surface area contributed by atoms with Crippen LogP contribution in [0.3, 0.4) is 0 Å². The number of Topliss-reactive ketones (excluding diaryl/α,β-unsaturated/α-hetero) is 1. The number of non-ortho nitro benzene ring substituents is 1. The number of carbonyl (C=O) groups excluding carboxylic acids is 1. The standard InChI is InChI=1S/C10H7ClN2O4/c1-17-10-6(5-12)2-7(13(15)16)3-8(10)9(14)4-11/h2-3H,4H2,1H3. The molecule has 0 heterocycles. The second-order valence-corrected chi connectivity index (χ2v) is 3.27. The Morgan fingerprint density at radius 2 is 2.29 bits per heavy atom. The first-order chi connectivity index (χ1) is 8.04. The van der Waals surface area contributed by atoms with Gasteiger partial charge < -0.3 is 4.74 Å². The van der Waals surface area contributed by atoms with Crippen LogP contribution < -0.4 is 4.74 Å². The number of benzene rings is 1. The third-order valence-corrected chi connectivity index (χ3v) is 2.27. The lowest BCUT2D eigenvalue weighted by molar-refractivity contribution is -0.384. The summed E-state index contributed by atoms with van der Waals surface area (Å²) >= 11 is 5.39. The highest BCUT2D eigenvalue weighted by atomic mass is 35.5. The third-order valence-electron chi connectivity index (χ3n) is 2.03. The number of ether oxygens (including phenoxy) is 1. The van der Waals surface area contributed by atoms with Crippen molar-refractivity contribution in [2.45, 2.75) is 0 Å². The summed E-state index contributed by atoms with van der Waals surface area (Å²) in [6.45, 7) is 0. The van der Waals surface area contributed by atoms with Gasteiger partial charge in [0.15, 0.2) is 5.78 Å². The predicted molar refractivity (Wildman–Crippen MR) is 59.4 cm³/mol. The van der Waals surface area contributed by atoms with Gasteiger partial charge in [-0.1, -0.05) is 0 Å². The van der Waals surface area contributed by atoms with Crippen LogP contribution in [0.1, 0.15) is 15.9 Å². The van der Waals surface area contributed by atoms with E-state index in [2.05, 4.69) is 0 Å². The number of nitro benzene ring substituents is 1. The van der Waals surface area contributed by atoms with Crippen LogP contribution in [0.15, 0.2) is 12.1 Å². The number of ketones is 1. The van der Waals surface area contributed by atoms with Crippen LogP contribution in [0.2, 0.25) is 0 Å². The van der Waals surface area contributed by atoms with Crippen molar-refractivity contribution in [2.75, 3.05) is 13.0 Å². The second-order valence-electron chi connectivity index (χ2n) is 3.00. The minimum Gasteiger partial charge on any atom is -0.495 e. The Labute approximate surface area is 102 Å². The van der Waals surface area contributed by atoms with Crippen molar-refractivity contribution < 1.29 is 14.5 Å². The summed E-state index contributed by atoms with van der Waals surface area (Å²) in [6, 6.07) is 3.83. The molecule has 0 bridgehead atoms. The predicted octanol–water partition coefficient (Wildman–Crippen LogP) is 1.90. The number of nitriles is 1. The van der Waals surface area contributed by atoms with Gasteiger partial charge in [0.05, 0.1) is 23.5 Å². The third kappa shape index (κ3) is 2.52. The van der Waals surface area contributed by atoms with Gasteiger partial charge in [-0.25, -0.2) is 0 Å². The molecule has 0 unspecified atom stereocenters. The molecular formula is C10H7ClN2O4. The summed E-state index contributed by atoms with van der Waals surface area (Å²) in [5.74, 6) is -0.880.